The van der Waals surface area contributed by atoms with E-state index in [0.29, 0.717) is 43.1 Å². The number of carboxylic acid groups (broad SMARTS) is 1. The van der Waals surface area contributed by atoms with E-state index in [9.17, 15) is 19.5 Å². The van der Waals surface area contributed by atoms with Crippen molar-refractivity contribution >= 4 is 40.6 Å². The number of benzene rings is 3. The molecule has 4 aromatic rings. The number of rotatable bonds is 9. The summed E-state index contributed by atoms with van der Waals surface area (Å²) < 4.78 is 0. The van der Waals surface area contributed by atoms with E-state index in [1.807, 2.05) is 67.0 Å². The van der Waals surface area contributed by atoms with Gasteiger partial charge in [0.2, 0.25) is 5.91 Å². The molecule has 0 spiro atoms. The van der Waals surface area contributed by atoms with Crippen LogP contribution < -0.4 is 16.2 Å². The first kappa shape index (κ1) is 29.8. The number of amides is 3. The van der Waals surface area contributed by atoms with E-state index in [4.69, 9.17) is 5.73 Å². The number of piperazine rings is 1. The summed E-state index contributed by atoms with van der Waals surface area (Å²) in [4.78, 5) is 45.3. The van der Waals surface area contributed by atoms with Crippen molar-refractivity contribution in [1.82, 2.24) is 14.7 Å². The van der Waals surface area contributed by atoms with Gasteiger partial charge >= 0.3 is 0 Å². The average Bonchev–Trinajstić information content (AvgIpc) is 3.56. The zero-order chi connectivity index (χ0) is 30.3. The van der Waals surface area contributed by atoms with Gasteiger partial charge in [0.05, 0.1) is 11.4 Å². The van der Waals surface area contributed by atoms with Crippen LogP contribution in [0.4, 0.5) is 16.2 Å². The van der Waals surface area contributed by atoms with Crippen LogP contribution >= 0.6 is 11.3 Å². The molecule has 0 saturated carbocycles. The third-order valence-electron chi connectivity index (χ3n) is 7.66. The zero-order valence-electron chi connectivity index (χ0n) is 23.9. The molecule has 9 nitrogen and oxygen atoms in total. The van der Waals surface area contributed by atoms with Gasteiger partial charge in [-0.05, 0) is 59.4 Å². The fraction of sp³-hybridized carbons (Fsp3) is 0.242. The lowest BCUT2D eigenvalue weighted by atomic mass is 10.0. The molecule has 0 unspecified atom stereocenters. The molecule has 1 aliphatic heterocycles. The van der Waals surface area contributed by atoms with Crippen LogP contribution in [-0.4, -0.2) is 71.9 Å². The Bertz CT molecular complexity index is 1550. The Hall–Kier alpha value is -4.67. The molecule has 3 aromatic carbocycles. The Labute approximate surface area is 255 Å². The highest BCUT2D eigenvalue weighted by Crippen LogP contribution is 2.30. The molecule has 3 N–H and O–H groups in total. The third-order valence-corrected chi connectivity index (χ3v) is 8.58. The highest BCUT2D eigenvalue weighted by atomic mass is 32.1. The van der Waals surface area contributed by atoms with E-state index < -0.39 is 12.1 Å². The number of carbonyl (C=O) groups excluding carboxylic acids is 3. The second-order valence-electron chi connectivity index (χ2n) is 10.7. The first-order valence-electron chi connectivity index (χ1n) is 14.1. The second-order valence-corrected chi connectivity index (χ2v) is 11.6. The van der Waals surface area contributed by atoms with Crippen molar-refractivity contribution in [2.45, 2.75) is 19.0 Å². The molecule has 1 saturated heterocycles. The van der Waals surface area contributed by atoms with E-state index in [2.05, 4.69) is 10.2 Å². The fourth-order valence-corrected chi connectivity index (χ4v) is 5.84. The molecule has 43 heavy (non-hydrogen) atoms. The van der Waals surface area contributed by atoms with Crippen molar-refractivity contribution in [2.75, 3.05) is 44.3 Å². The minimum Gasteiger partial charge on any atom is -0.530 e. The first-order chi connectivity index (χ1) is 20.8. The number of nitrogens with zero attached hydrogens (tertiary/aromatic N) is 3. The number of anilines is 2. The van der Waals surface area contributed by atoms with Gasteiger partial charge in [-0.3, -0.25) is 9.59 Å². The maximum atomic E-state index is 13.8. The maximum Gasteiger partial charge on any atom is 0.255 e. The molecular formula is C33H34N5O4S-. The van der Waals surface area contributed by atoms with Crippen LogP contribution in [0.25, 0.3) is 10.4 Å². The smallest absolute Gasteiger partial charge is 0.255 e. The Balaban J connectivity index is 1.34. The van der Waals surface area contributed by atoms with E-state index in [1.165, 1.54) is 0 Å². The molecule has 3 amide bonds. The van der Waals surface area contributed by atoms with Gasteiger partial charge in [0.15, 0.2) is 0 Å². The van der Waals surface area contributed by atoms with Crippen LogP contribution in [-0.2, 0) is 17.8 Å². The normalized spacial score (nSPS) is 14.2. The molecule has 1 aromatic heterocycles. The molecular weight excluding hydrogens is 562 g/mol. The standard InChI is InChI=1S/C33H35N5O4S/c1-36-15-17-37(18-16-36)32(40)29(38(33(41)42)22-24-6-3-2-4-7-24)20-23-9-11-25(12-10-23)31(39)35-28-21-26(13-14-27(28)34)30-8-5-19-43-30/h2-14,19,21,29H,15-18,20,22,34H2,1H3,(H,35,39)(H,41,42)/p-1/t29-/m0/s1. The highest BCUT2D eigenvalue weighted by Gasteiger charge is 2.32. The summed E-state index contributed by atoms with van der Waals surface area (Å²) in [6, 6.07) is 24.5. The molecule has 0 radical (unpaired) electrons. The van der Waals surface area contributed by atoms with Gasteiger partial charge in [-0.25, -0.2) is 0 Å². The van der Waals surface area contributed by atoms with Crippen LogP contribution in [0.15, 0.2) is 90.3 Å². The van der Waals surface area contributed by atoms with Crippen LogP contribution in [0.5, 0.6) is 0 Å². The molecule has 5 rings (SSSR count). The van der Waals surface area contributed by atoms with Crippen molar-refractivity contribution in [1.29, 1.82) is 0 Å². The first-order valence-corrected chi connectivity index (χ1v) is 15.0. The Morgan fingerprint density at radius 2 is 1.65 bits per heavy atom. The summed E-state index contributed by atoms with van der Waals surface area (Å²) in [7, 11) is 1.99. The van der Waals surface area contributed by atoms with Gasteiger partial charge < -0.3 is 35.7 Å². The summed E-state index contributed by atoms with van der Waals surface area (Å²) >= 11 is 1.60. The van der Waals surface area contributed by atoms with Crippen molar-refractivity contribution < 1.29 is 19.5 Å². The van der Waals surface area contributed by atoms with Crippen molar-refractivity contribution in [3.8, 4) is 10.4 Å². The molecule has 1 fully saturated rings. The molecule has 2 heterocycles. The average molecular weight is 597 g/mol. The lowest BCUT2D eigenvalue weighted by molar-refractivity contribution is -0.268. The second kappa shape index (κ2) is 13.5. The lowest BCUT2D eigenvalue weighted by Gasteiger charge is -2.39. The fourth-order valence-electron chi connectivity index (χ4n) is 5.12. The van der Waals surface area contributed by atoms with Gasteiger partial charge in [0, 0.05) is 49.6 Å². The third kappa shape index (κ3) is 7.40. The number of nitrogens with one attached hydrogen (secondary N) is 1. The SMILES string of the molecule is CN1CCN(C(=O)[C@H](Cc2ccc(C(=O)Nc3cc(-c4cccs4)ccc3N)cc2)N(Cc2ccccc2)C(=O)[O-])CC1. The van der Waals surface area contributed by atoms with Gasteiger partial charge in [-0.2, -0.15) is 0 Å². The van der Waals surface area contributed by atoms with Crippen molar-refractivity contribution in [3.05, 3.63) is 107 Å². The predicted molar refractivity (Wildman–Crippen MR) is 168 cm³/mol. The molecule has 1 aliphatic rings. The number of nitrogens with two attached hydrogens (primary N) is 1. The highest BCUT2D eigenvalue weighted by molar-refractivity contribution is 7.13. The molecule has 0 aliphatic carbocycles. The minimum absolute atomic E-state index is 0.0275. The van der Waals surface area contributed by atoms with Crippen molar-refractivity contribution in [2.24, 2.45) is 0 Å². The number of hydrogen-bond donors (Lipinski definition) is 2. The Kier molecular flexibility index (Phi) is 9.38. The number of thiophene rings is 1. The van der Waals surface area contributed by atoms with E-state index in [1.54, 1.807) is 46.6 Å². The Morgan fingerprint density at radius 1 is 0.930 bits per heavy atom. The van der Waals surface area contributed by atoms with Crippen LogP contribution in [0.1, 0.15) is 21.5 Å². The summed E-state index contributed by atoms with van der Waals surface area (Å²) in [6.45, 7) is 2.50. The van der Waals surface area contributed by atoms with Crippen LogP contribution in [0.3, 0.4) is 0 Å². The van der Waals surface area contributed by atoms with E-state index in [-0.39, 0.29) is 24.8 Å². The molecule has 222 valence electrons. The summed E-state index contributed by atoms with van der Waals surface area (Å²) in [5.74, 6) is -0.580. The summed E-state index contributed by atoms with van der Waals surface area (Å²) in [5, 5.41) is 17.3. The minimum atomic E-state index is -1.41. The number of nitrogen functional groups attached to an aromatic ring is 1. The number of carbonyl (C=O) groups is 3. The Morgan fingerprint density at radius 3 is 2.30 bits per heavy atom. The van der Waals surface area contributed by atoms with Crippen LogP contribution in [0.2, 0.25) is 0 Å². The van der Waals surface area contributed by atoms with E-state index >= 15 is 0 Å². The monoisotopic (exact) mass is 596 g/mol. The van der Waals surface area contributed by atoms with Crippen LogP contribution in [0, 0.1) is 0 Å². The number of likely N-dealkylation sites (N-methyl/N-ethyl adjacent to an activating group) is 1. The van der Waals surface area contributed by atoms with Gasteiger partial charge in [-0.15, -0.1) is 11.3 Å². The topological polar surface area (TPSA) is 122 Å². The summed E-state index contributed by atoms with van der Waals surface area (Å²) in [5.41, 5.74) is 9.97. The quantitative estimate of drug-likeness (QED) is 0.284. The van der Waals surface area contributed by atoms with Gasteiger partial charge in [-0.1, -0.05) is 54.6 Å². The predicted octanol–water partition coefficient (Wildman–Crippen LogP) is 3.78. The van der Waals surface area contributed by atoms with Crippen molar-refractivity contribution in [3.63, 3.8) is 0 Å². The van der Waals surface area contributed by atoms with Gasteiger partial charge in [0.1, 0.15) is 12.1 Å². The zero-order valence-corrected chi connectivity index (χ0v) is 24.8. The molecule has 10 heteroatoms. The van der Waals surface area contributed by atoms with E-state index in [0.717, 1.165) is 26.5 Å². The molecule has 0 bridgehead atoms. The molecule has 1 atom stereocenters. The number of hydrogen-bond acceptors (Lipinski definition) is 7. The summed E-state index contributed by atoms with van der Waals surface area (Å²) in [6.07, 6.45) is -1.27. The largest absolute Gasteiger partial charge is 0.530 e. The lowest BCUT2D eigenvalue weighted by Crippen LogP contribution is -2.58. The van der Waals surface area contributed by atoms with Gasteiger partial charge in [0.25, 0.3) is 5.91 Å². The maximum absolute atomic E-state index is 13.8.